The lowest BCUT2D eigenvalue weighted by atomic mass is 9.78. The lowest BCUT2D eigenvalue weighted by molar-refractivity contribution is -0.125. The average molecular weight is 168 g/mol. The molecular weight excluding hydrogens is 148 g/mol. The van der Waals surface area contributed by atoms with Gasteiger partial charge in [0.2, 0.25) is 0 Å². The molecule has 0 aromatic rings. The number of carbonyl (C=O) groups is 1. The first-order valence-electron chi connectivity index (χ1n) is 5.14. The normalized spacial score (nSPS) is 20.7. The Morgan fingerprint density at radius 1 is 1.33 bits per heavy atom. The summed E-state index contributed by atoms with van der Waals surface area (Å²) in [6, 6.07) is 0. The summed E-state index contributed by atoms with van der Waals surface area (Å²) in [5.74, 6) is 2.00. The summed E-state index contributed by atoms with van der Waals surface area (Å²) in [5.41, 5.74) is 0. The van der Waals surface area contributed by atoms with Crippen molar-refractivity contribution in [1.29, 1.82) is 0 Å². The van der Waals surface area contributed by atoms with Gasteiger partial charge >= 0.3 is 0 Å². The highest BCUT2D eigenvalue weighted by Crippen LogP contribution is 2.31. The molecule has 0 radical (unpaired) electrons. The van der Waals surface area contributed by atoms with Gasteiger partial charge in [0.1, 0.15) is 5.78 Å². The van der Waals surface area contributed by atoms with E-state index in [4.69, 9.17) is 0 Å². The highest BCUT2D eigenvalue weighted by Gasteiger charge is 2.24. The van der Waals surface area contributed by atoms with Crippen molar-refractivity contribution in [1.82, 2.24) is 0 Å². The molecule has 1 fully saturated rings. The van der Waals surface area contributed by atoms with Gasteiger partial charge in [0.25, 0.3) is 0 Å². The molecule has 0 aromatic carbocycles. The van der Waals surface area contributed by atoms with Crippen LogP contribution in [0.3, 0.4) is 0 Å². The monoisotopic (exact) mass is 168 g/mol. The summed E-state index contributed by atoms with van der Waals surface area (Å²) in [7, 11) is 0. The summed E-state index contributed by atoms with van der Waals surface area (Å²) in [5, 5.41) is 0. The fourth-order valence-electron chi connectivity index (χ4n) is 1.54. The number of ketones is 1. The molecule has 0 N–H and O–H groups in total. The maximum absolute atomic E-state index is 11.6. The maximum atomic E-state index is 11.6. The van der Waals surface area contributed by atoms with Crippen LogP contribution in [0.5, 0.6) is 0 Å². The van der Waals surface area contributed by atoms with Crippen LogP contribution in [0.25, 0.3) is 0 Å². The summed E-state index contributed by atoms with van der Waals surface area (Å²) in [6.45, 7) is 6.32. The second-order valence-electron chi connectivity index (χ2n) is 4.50. The highest BCUT2D eigenvalue weighted by molar-refractivity contribution is 5.81. The molecule has 1 atom stereocenters. The van der Waals surface area contributed by atoms with Crippen LogP contribution in [-0.4, -0.2) is 5.78 Å². The third kappa shape index (κ3) is 2.33. The van der Waals surface area contributed by atoms with Gasteiger partial charge in [0, 0.05) is 12.3 Å². The number of rotatable bonds is 4. The predicted molar refractivity (Wildman–Crippen MR) is 51.0 cm³/mol. The van der Waals surface area contributed by atoms with E-state index in [-0.39, 0.29) is 5.92 Å². The van der Waals surface area contributed by atoms with Crippen LogP contribution >= 0.6 is 0 Å². The number of Topliss-reactive ketones (excluding diaryl/α,β-unsaturated/α-hetero) is 1. The van der Waals surface area contributed by atoms with E-state index in [0.717, 1.165) is 12.3 Å². The molecule has 12 heavy (non-hydrogen) atoms. The zero-order valence-electron chi connectivity index (χ0n) is 8.47. The Kier molecular flexibility index (Phi) is 3.30. The van der Waals surface area contributed by atoms with Gasteiger partial charge in [0.15, 0.2) is 0 Å². The van der Waals surface area contributed by atoms with E-state index in [9.17, 15) is 4.79 Å². The molecular formula is C11H20O. The molecule has 0 aromatic heterocycles. The van der Waals surface area contributed by atoms with Gasteiger partial charge in [-0.1, -0.05) is 40.0 Å². The van der Waals surface area contributed by atoms with E-state index in [0.29, 0.717) is 11.7 Å². The Labute approximate surface area is 75.5 Å². The molecule has 0 unspecified atom stereocenters. The second kappa shape index (κ2) is 4.06. The van der Waals surface area contributed by atoms with Crippen molar-refractivity contribution in [2.24, 2.45) is 17.8 Å². The van der Waals surface area contributed by atoms with Crippen molar-refractivity contribution in [3.05, 3.63) is 0 Å². The second-order valence-corrected chi connectivity index (χ2v) is 4.50. The first-order valence-corrected chi connectivity index (χ1v) is 5.14. The van der Waals surface area contributed by atoms with Crippen LogP contribution < -0.4 is 0 Å². The first-order chi connectivity index (χ1) is 5.61. The largest absolute Gasteiger partial charge is 0.299 e. The van der Waals surface area contributed by atoms with Crippen molar-refractivity contribution in [2.75, 3.05) is 0 Å². The van der Waals surface area contributed by atoms with Crippen molar-refractivity contribution in [3.63, 3.8) is 0 Å². The maximum Gasteiger partial charge on any atom is 0.136 e. The minimum atomic E-state index is 0.269. The molecule has 1 aliphatic carbocycles. The Morgan fingerprint density at radius 2 is 1.92 bits per heavy atom. The van der Waals surface area contributed by atoms with Crippen LogP contribution in [0.1, 0.15) is 46.5 Å². The van der Waals surface area contributed by atoms with Crippen LogP contribution in [0.4, 0.5) is 0 Å². The van der Waals surface area contributed by atoms with Gasteiger partial charge in [-0.2, -0.15) is 0 Å². The van der Waals surface area contributed by atoms with E-state index in [2.05, 4.69) is 20.8 Å². The van der Waals surface area contributed by atoms with Gasteiger partial charge in [0.05, 0.1) is 0 Å². The van der Waals surface area contributed by atoms with Crippen molar-refractivity contribution < 1.29 is 4.79 Å². The van der Waals surface area contributed by atoms with Crippen LogP contribution in [0.2, 0.25) is 0 Å². The summed E-state index contributed by atoms with van der Waals surface area (Å²) >= 11 is 0. The van der Waals surface area contributed by atoms with Gasteiger partial charge in [-0.25, -0.2) is 0 Å². The van der Waals surface area contributed by atoms with Gasteiger partial charge < -0.3 is 0 Å². The summed E-state index contributed by atoms with van der Waals surface area (Å²) < 4.78 is 0. The Balaban J connectivity index is 2.26. The van der Waals surface area contributed by atoms with Crippen LogP contribution in [0, 0.1) is 17.8 Å². The quantitative estimate of drug-likeness (QED) is 0.630. The molecule has 1 aliphatic rings. The Morgan fingerprint density at radius 3 is 2.25 bits per heavy atom. The zero-order chi connectivity index (χ0) is 9.14. The zero-order valence-corrected chi connectivity index (χ0v) is 8.47. The Hall–Kier alpha value is -0.330. The van der Waals surface area contributed by atoms with Crippen molar-refractivity contribution in [2.45, 2.75) is 46.5 Å². The predicted octanol–water partition coefficient (Wildman–Crippen LogP) is 3.04. The number of hydrogen-bond donors (Lipinski definition) is 0. The lowest BCUT2D eigenvalue weighted by Gasteiger charge is -2.26. The fourth-order valence-corrected chi connectivity index (χ4v) is 1.54. The third-order valence-corrected chi connectivity index (χ3v) is 3.22. The van der Waals surface area contributed by atoms with E-state index in [1.165, 1.54) is 19.3 Å². The van der Waals surface area contributed by atoms with Crippen molar-refractivity contribution in [3.8, 4) is 0 Å². The van der Waals surface area contributed by atoms with Crippen molar-refractivity contribution >= 4 is 5.78 Å². The molecule has 0 bridgehead atoms. The Bertz CT molecular complexity index is 156. The van der Waals surface area contributed by atoms with Crippen LogP contribution in [-0.2, 0) is 4.79 Å². The van der Waals surface area contributed by atoms with Gasteiger partial charge in [-0.15, -0.1) is 0 Å². The van der Waals surface area contributed by atoms with E-state index in [1.807, 2.05) is 0 Å². The molecule has 1 saturated carbocycles. The minimum absolute atomic E-state index is 0.269. The standard InChI is InChI=1S/C11H20O/c1-8(2)9(3)11(12)7-10-5-4-6-10/h8-10H,4-7H2,1-3H3/t9-/m0/s1. The lowest BCUT2D eigenvalue weighted by Crippen LogP contribution is -2.23. The molecule has 1 nitrogen and oxygen atoms in total. The molecule has 70 valence electrons. The number of carbonyl (C=O) groups excluding carboxylic acids is 1. The smallest absolute Gasteiger partial charge is 0.136 e. The van der Waals surface area contributed by atoms with E-state index in [1.54, 1.807) is 0 Å². The van der Waals surface area contributed by atoms with E-state index >= 15 is 0 Å². The molecule has 0 amide bonds. The van der Waals surface area contributed by atoms with Crippen LogP contribution in [0.15, 0.2) is 0 Å². The topological polar surface area (TPSA) is 17.1 Å². The molecule has 1 rings (SSSR count). The molecule has 0 saturated heterocycles. The summed E-state index contributed by atoms with van der Waals surface area (Å²) in [6.07, 6.45) is 4.76. The first kappa shape index (κ1) is 9.76. The van der Waals surface area contributed by atoms with Gasteiger partial charge in [-0.05, 0) is 11.8 Å². The number of hydrogen-bond acceptors (Lipinski definition) is 1. The van der Waals surface area contributed by atoms with E-state index < -0.39 is 0 Å². The fraction of sp³-hybridized carbons (Fsp3) is 0.909. The van der Waals surface area contributed by atoms with Gasteiger partial charge in [-0.3, -0.25) is 4.79 Å². The minimum Gasteiger partial charge on any atom is -0.299 e. The average Bonchev–Trinajstić information content (AvgIpc) is 1.94. The highest BCUT2D eigenvalue weighted by atomic mass is 16.1. The molecule has 0 aliphatic heterocycles. The molecule has 0 spiro atoms. The molecule has 1 heteroatoms. The third-order valence-electron chi connectivity index (χ3n) is 3.22. The molecule has 0 heterocycles. The summed E-state index contributed by atoms with van der Waals surface area (Å²) in [4.78, 5) is 11.6. The SMILES string of the molecule is CC(C)[C@H](C)C(=O)CC1CCC1.